The van der Waals surface area contributed by atoms with Gasteiger partial charge in [0.15, 0.2) is 0 Å². The molecular formula is C24H19F3O4. The first-order valence-corrected chi connectivity index (χ1v) is 9.27. The summed E-state index contributed by atoms with van der Waals surface area (Å²) in [5, 5.41) is 0. The van der Waals surface area contributed by atoms with E-state index in [9.17, 15) is 18.0 Å². The number of methoxy groups -OCH3 is 1. The lowest BCUT2D eigenvalue weighted by molar-refractivity contribution is -0.274. The molecule has 7 heteroatoms. The van der Waals surface area contributed by atoms with E-state index in [4.69, 9.17) is 4.74 Å². The van der Waals surface area contributed by atoms with Crippen molar-refractivity contribution < 1.29 is 32.2 Å². The second-order valence-electron chi connectivity index (χ2n) is 6.46. The van der Waals surface area contributed by atoms with Crippen molar-refractivity contribution in [3.8, 4) is 22.6 Å². The van der Waals surface area contributed by atoms with E-state index in [-0.39, 0.29) is 5.75 Å². The summed E-state index contributed by atoms with van der Waals surface area (Å²) >= 11 is 0. The third-order valence-corrected chi connectivity index (χ3v) is 4.27. The van der Waals surface area contributed by atoms with Gasteiger partial charge in [-0.2, -0.15) is 0 Å². The monoisotopic (exact) mass is 428 g/mol. The number of halogens is 3. The average Bonchev–Trinajstić information content (AvgIpc) is 2.76. The molecule has 0 bridgehead atoms. The summed E-state index contributed by atoms with van der Waals surface area (Å²) in [5.41, 5.74) is 3.01. The number of hydrogen-bond donors (Lipinski definition) is 0. The van der Waals surface area contributed by atoms with Gasteiger partial charge in [0.05, 0.1) is 7.11 Å². The number of rotatable bonds is 7. The molecule has 0 saturated heterocycles. The van der Waals surface area contributed by atoms with E-state index in [1.165, 1.54) is 37.5 Å². The van der Waals surface area contributed by atoms with E-state index in [0.29, 0.717) is 23.5 Å². The van der Waals surface area contributed by atoms with Gasteiger partial charge >= 0.3 is 12.3 Å². The van der Waals surface area contributed by atoms with Crippen LogP contribution in [0.4, 0.5) is 13.2 Å². The molecule has 0 aliphatic carbocycles. The van der Waals surface area contributed by atoms with Crippen molar-refractivity contribution in [3.63, 3.8) is 0 Å². The van der Waals surface area contributed by atoms with E-state index in [1.54, 1.807) is 24.3 Å². The molecule has 0 spiro atoms. The van der Waals surface area contributed by atoms with E-state index >= 15 is 0 Å². The molecule has 0 fully saturated rings. The molecule has 0 radical (unpaired) electrons. The first-order valence-electron chi connectivity index (χ1n) is 9.27. The van der Waals surface area contributed by atoms with Crippen molar-refractivity contribution in [3.05, 3.63) is 90.0 Å². The molecule has 3 rings (SSSR count). The lowest BCUT2D eigenvalue weighted by Crippen LogP contribution is -2.16. The Bertz CT molecular complexity index is 1040. The number of benzene rings is 3. The van der Waals surface area contributed by atoms with E-state index < -0.39 is 12.3 Å². The summed E-state index contributed by atoms with van der Waals surface area (Å²) < 4.78 is 51.5. The minimum atomic E-state index is -4.74. The summed E-state index contributed by atoms with van der Waals surface area (Å²) in [6.07, 6.45) is -1.91. The van der Waals surface area contributed by atoms with Crippen LogP contribution >= 0.6 is 0 Å². The third-order valence-electron chi connectivity index (χ3n) is 4.27. The Labute approximate surface area is 177 Å². The van der Waals surface area contributed by atoms with Gasteiger partial charge in [0.2, 0.25) is 0 Å². The quantitative estimate of drug-likeness (QED) is 0.341. The Morgan fingerprint density at radius 1 is 0.935 bits per heavy atom. The molecule has 0 aliphatic rings. The van der Waals surface area contributed by atoms with Crippen LogP contribution in [0.3, 0.4) is 0 Å². The zero-order chi connectivity index (χ0) is 22.3. The first kappa shape index (κ1) is 22.0. The number of carbonyl (C=O) groups excluding carboxylic acids is 1. The van der Waals surface area contributed by atoms with E-state index in [1.807, 2.05) is 30.3 Å². The van der Waals surface area contributed by atoms with Crippen LogP contribution in [0.1, 0.15) is 11.1 Å². The van der Waals surface area contributed by atoms with Gasteiger partial charge in [-0.3, -0.25) is 0 Å². The van der Waals surface area contributed by atoms with Gasteiger partial charge in [-0.15, -0.1) is 13.2 Å². The first-order chi connectivity index (χ1) is 14.8. The Kier molecular flexibility index (Phi) is 6.97. The summed E-state index contributed by atoms with van der Waals surface area (Å²) in [4.78, 5) is 11.5. The van der Waals surface area contributed by atoms with Crippen molar-refractivity contribution in [2.45, 2.75) is 13.0 Å². The van der Waals surface area contributed by atoms with Gasteiger partial charge < -0.3 is 14.2 Å². The Hall–Kier alpha value is -3.74. The van der Waals surface area contributed by atoms with Gasteiger partial charge in [-0.05, 0) is 47.0 Å². The van der Waals surface area contributed by atoms with Gasteiger partial charge in [0.25, 0.3) is 0 Å². The van der Waals surface area contributed by atoms with Crippen molar-refractivity contribution in [2.75, 3.05) is 7.11 Å². The van der Waals surface area contributed by atoms with Crippen LogP contribution in [0.5, 0.6) is 11.5 Å². The Morgan fingerprint density at radius 3 is 2.26 bits per heavy atom. The molecule has 31 heavy (non-hydrogen) atoms. The van der Waals surface area contributed by atoms with E-state index in [0.717, 1.165) is 11.1 Å². The number of alkyl halides is 3. The maximum atomic E-state index is 12.4. The molecule has 160 valence electrons. The molecule has 0 N–H and O–H groups in total. The molecule has 0 aliphatic heterocycles. The summed E-state index contributed by atoms with van der Waals surface area (Å²) in [6.45, 7) is 0.336. The zero-order valence-electron chi connectivity index (χ0n) is 16.6. The minimum Gasteiger partial charge on any atom is -0.488 e. The van der Waals surface area contributed by atoms with Crippen molar-refractivity contribution >= 4 is 12.0 Å². The predicted molar refractivity (Wildman–Crippen MR) is 110 cm³/mol. The normalized spacial score (nSPS) is 11.4. The molecule has 0 unspecified atom stereocenters. The molecule has 3 aromatic rings. The average molecular weight is 428 g/mol. The maximum absolute atomic E-state index is 12.4. The topological polar surface area (TPSA) is 44.8 Å². The van der Waals surface area contributed by atoms with E-state index in [2.05, 4.69) is 9.47 Å². The zero-order valence-corrected chi connectivity index (χ0v) is 16.6. The second-order valence-corrected chi connectivity index (χ2v) is 6.46. The summed E-state index contributed by atoms with van der Waals surface area (Å²) in [6, 6.07) is 20.4. The summed E-state index contributed by atoms with van der Waals surface area (Å²) in [7, 11) is 1.28. The number of ether oxygens (including phenoxy) is 3. The maximum Gasteiger partial charge on any atom is 0.573 e. The fourth-order valence-electron chi connectivity index (χ4n) is 2.80. The molecule has 0 amide bonds. The van der Waals surface area contributed by atoms with Crippen LogP contribution in [-0.2, 0) is 16.1 Å². The number of carbonyl (C=O) groups is 1. The fraction of sp³-hybridized carbons (Fsp3) is 0.125. The number of hydrogen-bond acceptors (Lipinski definition) is 4. The smallest absolute Gasteiger partial charge is 0.488 e. The highest BCUT2D eigenvalue weighted by Crippen LogP contribution is 2.30. The van der Waals surface area contributed by atoms with Crippen molar-refractivity contribution in [1.82, 2.24) is 0 Å². The highest BCUT2D eigenvalue weighted by Gasteiger charge is 2.30. The predicted octanol–water partition coefficient (Wildman–Crippen LogP) is 6.02. The highest BCUT2D eigenvalue weighted by atomic mass is 19.4. The molecule has 0 saturated carbocycles. The Morgan fingerprint density at radius 2 is 1.61 bits per heavy atom. The minimum absolute atomic E-state index is 0.301. The van der Waals surface area contributed by atoms with Crippen LogP contribution in [0.2, 0.25) is 0 Å². The van der Waals surface area contributed by atoms with Crippen LogP contribution in [0.25, 0.3) is 17.2 Å². The lowest BCUT2D eigenvalue weighted by Gasteiger charge is -2.12. The van der Waals surface area contributed by atoms with Crippen LogP contribution in [0, 0.1) is 0 Å². The Balaban J connectivity index is 1.86. The molecule has 3 aromatic carbocycles. The van der Waals surface area contributed by atoms with Crippen LogP contribution < -0.4 is 9.47 Å². The molecular weight excluding hydrogens is 409 g/mol. The van der Waals surface area contributed by atoms with Crippen LogP contribution in [-0.4, -0.2) is 19.4 Å². The van der Waals surface area contributed by atoms with Gasteiger partial charge in [-0.1, -0.05) is 48.5 Å². The van der Waals surface area contributed by atoms with Gasteiger partial charge in [0, 0.05) is 11.6 Å². The molecule has 4 nitrogen and oxygen atoms in total. The summed E-state index contributed by atoms with van der Waals surface area (Å²) in [5.74, 6) is -0.275. The lowest BCUT2D eigenvalue weighted by atomic mass is 10.0. The SMILES string of the molecule is COC(=O)C=Cc1cc(-c2ccc(OC(F)(F)F)cc2)ccc1OCc1ccccc1. The second kappa shape index (κ2) is 9.84. The molecule has 0 aromatic heterocycles. The third kappa shape index (κ3) is 6.64. The fourth-order valence-corrected chi connectivity index (χ4v) is 2.80. The van der Waals surface area contributed by atoms with Crippen molar-refractivity contribution in [2.24, 2.45) is 0 Å². The number of esters is 1. The standard InChI is InChI=1S/C24H19F3O4/c1-29-23(28)14-10-20-15-19(18-7-11-21(12-8-18)31-24(25,26)27)9-13-22(20)30-16-17-5-3-2-4-6-17/h2-15H,16H2,1H3. The largest absolute Gasteiger partial charge is 0.573 e. The molecule has 0 atom stereocenters. The van der Waals surface area contributed by atoms with Crippen LogP contribution in [0.15, 0.2) is 78.9 Å². The molecule has 0 heterocycles. The van der Waals surface area contributed by atoms with Gasteiger partial charge in [-0.25, -0.2) is 4.79 Å². The van der Waals surface area contributed by atoms with Gasteiger partial charge in [0.1, 0.15) is 18.1 Å². The highest BCUT2D eigenvalue weighted by molar-refractivity contribution is 5.88. The van der Waals surface area contributed by atoms with Crippen molar-refractivity contribution in [1.29, 1.82) is 0 Å².